The molecule has 0 aromatic carbocycles. The monoisotopic (exact) mass is 263 g/mol. The van der Waals surface area contributed by atoms with Gasteiger partial charge in [-0.05, 0) is 18.8 Å². The number of hydrogen-bond donors (Lipinski definition) is 2. The van der Waals surface area contributed by atoms with Crippen LogP contribution in [0.15, 0.2) is 12.2 Å². The van der Waals surface area contributed by atoms with Gasteiger partial charge in [0.05, 0.1) is 12.5 Å². The Hall–Kier alpha value is -0.350. The van der Waals surface area contributed by atoms with Crippen LogP contribution in [-0.4, -0.2) is 22.4 Å². The third-order valence-corrected chi connectivity index (χ3v) is 2.48. The van der Waals surface area contributed by atoms with Crippen molar-refractivity contribution in [2.75, 3.05) is 5.33 Å². The molecule has 0 aliphatic rings. The molecule has 0 heterocycles. The van der Waals surface area contributed by atoms with E-state index < -0.39 is 12.0 Å². The van der Waals surface area contributed by atoms with Crippen LogP contribution < -0.4 is 5.73 Å². The van der Waals surface area contributed by atoms with Gasteiger partial charge in [-0.3, -0.25) is 4.79 Å². The first-order valence-corrected chi connectivity index (χ1v) is 5.87. The van der Waals surface area contributed by atoms with E-state index in [4.69, 9.17) is 5.73 Å². The van der Waals surface area contributed by atoms with E-state index in [9.17, 15) is 9.90 Å². The van der Waals surface area contributed by atoms with Gasteiger partial charge in [-0.1, -0.05) is 35.0 Å². The van der Waals surface area contributed by atoms with Gasteiger partial charge in [0.1, 0.15) is 0 Å². The first kappa shape index (κ1) is 13.7. The molecule has 0 spiro atoms. The van der Waals surface area contributed by atoms with Crippen molar-refractivity contribution >= 4 is 21.8 Å². The maximum atomic E-state index is 10.5. The Morgan fingerprint density at radius 3 is 2.71 bits per heavy atom. The number of hydrogen-bond acceptors (Lipinski definition) is 2. The van der Waals surface area contributed by atoms with Gasteiger partial charge in [-0.25, -0.2) is 0 Å². The van der Waals surface area contributed by atoms with Gasteiger partial charge in [0, 0.05) is 5.33 Å². The third kappa shape index (κ3) is 7.09. The molecule has 0 unspecified atom stereocenters. The number of aliphatic hydroxyl groups excluding tert-OH is 1. The van der Waals surface area contributed by atoms with Crippen molar-refractivity contribution in [3.05, 3.63) is 12.2 Å². The summed E-state index contributed by atoms with van der Waals surface area (Å²) in [5, 5.41) is 10.4. The van der Waals surface area contributed by atoms with Crippen LogP contribution in [0, 0.1) is 5.92 Å². The maximum Gasteiger partial charge on any atom is 0.220 e. The smallest absolute Gasteiger partial charge is 0.220 e. The fourth-order valence-electron chi connectivity index (χ4n) is 1.06. The predicted molar refractivity (Wildman–Crippen MR) is 61.2 cm³/mol. The number of allylic oxidation sites excluding steroid dienone is 2. The Balaban J connectivity index is 3.71. The van der Waals surface area contributed by atoms with Crippen molar-refractivity contribution in [3.8, 4) is 0 Å². The highest BCUT2D eigenvalue weighted by Gasteiger charge is 2.14. The number of rotatable bonds is 7. The van der Waals surface area contributed by atoms with E-state index in [0.29, 0.717) is 0 Å². The zero-order valence-corrected chi connectivity index (χ0v) is 10.0. The van der Waals surface area contributed by atoms with Gasteiger partial charge in [0.2, 0.25) is 5.91 Å². The van der Waals surface area contributed by atoms with Crippen LogP contribution in [0.5, 0.6) is 0 Å². The molecule has 0 aliphatic heterocycles. The maximum absolute atomic E-state index is 10.5. The molecule has 3 nitrogen and oxygen atoms in total. The Morgan fingerprint density at radius 1 is 1.57 bits per heavy atom. The summed E-state index contributed by atoms with van der Waals surface area (Å²) < 4.78 is 0. The van der Waals surface area contributed by atoms with Gasteiger partial charge in [-0.15, -0.1) is 0 Å². The fraction of sp³-hybridized carbons (Fsp3) is 0.700. The molecular formula is C10H18BrNO2. The van der Waals surface area contributed by atoms with Crippen molar-refractivity contribution < 1.29 is 9.90 Å². The van der Waals surface area contributed by atoms with Gasteiger partial charge < -0.3 is 10.8 Å². The van der Waals surface area contributed by atoms with E-state index in [0.717, 1.165) is 18.2 Å². The number of carbonyl (C=O) groups is 1. The Morgan fingerprint density at radius 2 is 2.21 bits per heavy atom. The number of alkyl halides is 1. The summed E-state index contributed by atoms with van der Waals surface area (Å²) in [5.41, 5.74) is 4.98. The summed E-state index contributed by atoms with van der Waals surface area (Å²) >= 11 is 3.32. The van der Waals surface area contributed by atoms with Gasteiger partial charge in [0.15, 0.2) is 0 Å². The number of amides is 1. The first-order valence-electron chi connectivity index (χ1n) is 4.75. The minimum Gasteiger partial charge on any atom is -0.392 e. The molecular weight excluding hydrogens is 246 g/mol. The minimum absolute atomic E-state index is 0.0491. The van der Waals surface area contributed by atoms with E-state index in [1.54, 1.807) is 0 Å². The summed E-state index contributed by atoms with van der Waals surface area (Å²) in [6.07, 6.45) is 5.27. The lowest BCUT2D eigenvalue weighted by Crippen LogP contribution is -2.25. The summed E-state index contributed by atoms with van der Waals surface area (Å²) in [5.74, 6) is -0.372. The number of halogens is 1. The summed E-state index contributed by atoms with van der Waals surface area (Å²) in [6, 6.07) is 0. The van der Waals surface area contributed by atoms with Crippen molar-refractivity contribution in [1.29, 1.82) is 0 Å². The quantitative estimate of drug-likeness (QED) is 0.541. The van der Waals surface area contributed by atoms with Gasteiger partial charge >= 0.3 is 0 Å². The van der Waals surface area contributed by atoms with Gasteiger partial charge in [0.25, 0.3) is 0 Å². The standard InChI is InChI=1S/C10H18BrNO2/c1-8(5-3-2-4-6-11)9(13)7-10(12)14/h2-3,8-9,13H,4-7H2,1H3,(H2,12,14)/b3-2+/t8-,9+/m1/s1. The van der Waals surface area contributed by atoms with Gasteiger partial charge in [-0.2, -0.15) is 0 Å². The van der Waals surface area contributed by atoms with Crippen molar-refractivity contribution in [3.63, 3.8) is 0 Å². The van der Waals surface area contributed by atoms with Crippen LogP contribution in [0.1, 0.15) is 26.2 Å². The average Bonchev–Trinajstić information content (AvgIpc) is 2.11. The van der Waals surface area contributed by atoms with Crippen LogP contribution in [0.3, 0.4) is 0 Å². The second-order valence-electron chi connectivity index (χ2n) is 3.40. The molecule has 14 heavy (non-hydrogen) atoms. The van der Waals surface area contributed by atoms with Crippen LogP contribution >= 0.6 is 15.9 Å². The minimum atomic E-state index is -0.624. The highest BCUT2D eigenvalue weighted by molar-refractivity contribution is 9.09. The SMILES string of the molecule is C[C@H](C/C=C/CCBr)[C@@H](O)CC(N)=O. The Bertz CT molecular complexity index is 195. The van der Waals surface area contributed by atoms with E-state index in [-0.39, 0.29) is 12.3 Å². The van der Waals surface area contributed by atoms with Crippen LogP contribution in [-0.2, 0) is 4.79 Å². The van der Waals surface area contributed by atoms with E-state index in [1.807, 2.05) is 13.0 Å². The lowest BCUT2D eigenvalue weighted by Gasteiger charge is -2.15. The average molecular weight is 264 g/mol. The number of primary amides is 1. The zero-order chi connectivity index (χ0) is 11.0. The molecule has 82 valence electrons. The molecule has 3 N–H and O–H groups in total. The van der Waals surface area contributed by atoms with Crippen molar-refractivity contribution in [2.45, 2.75) is 32.3 Å². The molecule has 0 rings (SSSR count). The second kappa shape index (κ2) is 8.00. The largest absolute Gasteiger partial charge is 0.392 e. The molecule has 0 fully saturated rings. The molecule has 0 aromatic rings. The second-order valence-corrected chi connectivity index (χ2v) is 4.19. The molecule has 0 aliphatic carbocycles. The molecule has 0 radical (unpaired) electrons. The van der Waals surface area contributed by atoms with Crippen LogP contribution in [0.4, 0.5) is 0 Å². The topological polar surface area (TPSA) is 63.3 Å². The number of carbonyl (C=O) groups excluding carboxylic acids is 1. The van der Waals surface area contributed by atoms with E-state index >= 15 is 0 Å². The summed E-state index contributed by atoms with van der Waals surface area (Å²) in [7, 11) is 0. The lowest BCUT2D eigenvalue weighted by atomic mass is 9.98. The highest BCUT2D eigenvalue weighted by atomic mass is 79.9. The molecule has 1 amide bonds. The molecule has 0 saturated heterocycles. The van der Waals surface area contributed by atoms with Crippen LogP contribution in [0.2, 0.25) is 0 Å². The first-order chi connectivity index (χ1) is 6.57. The van der Waals surface area contributed by atoms with E-state index in [2.05, 4.69) is 22.0 Å². The Labute approximate surface area is 93.5 Å². The Kier molecular flexibility index (Phi) is 7.80. The fourth-order valence-corrected chi connectivity index (χ4v) is 1.32. The molecule has 0 bridgehead atoms. The lowest BCUT2D eigenvalue weighted by molar-refractivity contribution is -0.120. The van der Waals surface area contributed by atoms with Crippen molar-refractivity contribution in [1.82, 2.24) is 0 Å². The highest BCUT2D eigenvalue weighted by Crippen LogP contribution is 2.12. The van der Waals surface area contributed by atoms with E-state index in [1.165, 1.54) is 0 Å². The normalized spacial score (nSPS) is 15.6. The van der Waals surface area contributed by atoms with Crippen LogP contribution in [0.25, 0.3) is 0 Å². The summed E-state index contributed by atoms with van der Waals surface area (Å²) in [4.78, 5) is 10.5. The number of nitrogens with two attached hydrogens (primary N) is 1. The summed E-state index contributed by atoms with van der Waals surface area (Å²) in [6.45, 7) is 1.91. The molecule has 0 saturated carbocycles. The predicted octanol–water partition coefficient (Wildman–Crippen LogP) is 1.59. The van der Waals surface area contributed by atoms with Crippen molar-refractivity contribution in [2.24, 2.45) is 11.7 Å². The molecule has 2 atom stereocenters. The molecule has 4 heteroatoms. The zero-order valence-electron chi connectivity index (χ0n) is 8.45. The number of aliphatic hydroxyl groups is 1. The molecule has 0 aromatic heterocycles. The third-order valence-electron chi connectivity index (χ3n) is 2.02.